The van der Waals surface area contributed by atoms with Crippen molar-refractivity contribution in [2.75, 3.05) is 0 Å². The van der Waals surface area contributed by atoms with Crippen molar-refractivity contribution in [3.8, 4) is 0 Å². The van der Waals surface area contributed by atoms with Gasteiger partial charge in [0, 0.05) is 16.6 Å². The zero-order valence-corrected chi connectivity index (χ0v) is 28.3. The Balaban J connectivity index is 0.000000608. The molecule has 2 aromatic rings. The smallest absolute Gasteiger partial charge is 0.0307 e. The minimum Gasteiger partial charge on any atom is -1.00 e. The zero-order valence-electron chi connectivity index (χ0n) is 20.8. The fraction of sp³-hybridized carbons (Fsp3) is 0.286. The van der Waals surface area contributed by atoms with E-state index in [0.717, 1.165) is 0 Å². The summed E-state index contributed by atoms with van der Waals surface area (Å²) in [7, 11) is -0.101. The van der Waals surface area contributed by atoms with Gasteiger partial charge in [-0.2, -0.15) is 0 Å². The van der Waals surface area contributed by atoms with E-state index in [4.69, 9.17) is 0 Å². The Morgan fingerprint density at radius 3 is 1.30 bits per heavy atom. The topological polar surface area (TPSA) is 0 Å². The fourth-order valence-electron chi connectivity index (χ4n) is 3.60. The van der Waals surface area contributed by atoms with Crippen molar-refractivity contribution in [1.82, 2.24) is 0 Å². The Labute approximate surface area is 228 Å². The van der Waals surface area contributed by atoms with E-state index >= 15 is 0 Å². The van der Waals surface area contributed by atoms with Crippen molar-refractivity contribution in [3.63, 3.8) is 0 Å². The summed E-state index contributed by atoms with van der Waals surface area (Å²) in [6, 6.07) is 21.7. The minimum atomic E-state index is -0.932. The van der Waals surface area contributed by atoms with Gasteiger partial charge in [-0.1, -0.05) is 26.2 Å². The Kier molecular flexibility index (Phi) is 12.9. The first-order chi connectivity index (χ1) is 14.8. The largest absolute Gasteiger partial charge is 1.00 e. The van der Waals surface area contributed by atoms with Crippen LogP contribution in [-0.2, 0) is 22.9 Å². The fourth-order valence-corrected chi connectivity index (χ4v) is 8.85. The maximum atomic E-state index is 2.44. The van der Waals surface area contributed by atoms with E-state index in [-0.39, 0.29) is 24.8 Å². The molecule has 0 aliphatic heterocycles. The van der Waals surface area contributed by atoms with Gasteiger partial charge in [0.1, 0.15) is 0 Å². The van der Waals surface area contributed by atoms with E-state index in [2.05, 4.69) is 113 Å². The second-order valence-corrected chi connectivity index (χ2v) is 29.3. The van der Waals surface area contributed by atoms with Gasteiger partial charge in [-0.15, -0.1) is 0 Å². The zero-order chi connectivity index (χ0) is 22.4. The molecule has 0 saturated carbocycles. The number of benzene rings is 2. The van der Waals surface area contributed by atoms with Gasteiger partial charge < -0.3 is 24.8 Å². The molecule has 0 heterocycles. The number of hydrogen-bond acceptors (Lipinski definition) is 0. The van der Waals surface area contributed by atoms with Crippen LogP contribution in [0, 0.1) is 0 Å². The van der Waals surface area contributed by atoms with E-state index in [0.29, 0.717) is 9.04 Å². The van der Waals surface area contributed by atoms with Gasteiger partial charge in [0.25, 0.3) is 0 Å². The van der Waals surface area contributed by atoms with Crippen LogP contribution >= 0.6 is 0 Å². The summed E-state index contributed by atoms with van der Waals surface area (Å²) >= 11 is -0.932. The molecule has 0 unspecified atom stereocenters. The summed E-state index contributed by atoms with van der Waals surface area (Å²) < 4.78 is 3.55. The first kappa shape index (κ1) is 30.3. The number of halogens is 2. The normalized spacial score (nSPS) is 15.3. The van der Waals surface area contributed by atoms with E-state index in [1.165, 1.54) is 46.3 Å². The van der Waals surface area contributed by atoms with Crippen LogP contribution in [0.15, 0.2) is 90.6 Å². The Hall–Kier alpha value is -0.716. The van der Waals surface area contributed by atoms with Crippen molar-refractivity contribution in [1.29, 1.82) is 0 Å². The van der Waals surface area contributed by atoms with Crippen LogP contribution in [0.2, 0.25) is 26.2 Å². The standard InChI is InChI=1S/2C12H11.C4H14Si2.2ClH.Hf/c2*1-10-7-8-12(9-10)11-5-3-2-4-6-11;1-5-6(2,3)4;;;/h2*2-6,9H,8H2,1H3;5H2,1-4H3;2*1H;/q;;;;;+2/p-2. The van der Waals surface area contributed by atoms with Gasteiger partial charge in [-0.25, -0.2) is 0 Å². The average Bonchev–Trinajstić information content (AvgIpc) is 3.32. The first-order valence-electron chi connectivity index (χ1n) is 11.5. The van der Waals surface area contributed by atoms with Crippen LogP contribution in [0.1, 0.15) is 37.8 Å². The van der Waals surface area contributed by atoms with Gasteiger partial charge in [-0.3, -0.25) is 0 Å². The summed E-state index contributed by atoms with van der Waals surface area (Å²) in [6.07, 6.45) is 7.20. The molecular formula is C28H36Cl2HfSi2. The van der Waals surface area contributed by atoms with Crippen LogP contribution in [0.5, 0.6) is 0 Å². The van der Waals surface area contributed by atoms with Crippen LogP contribution in [0.25, 0.3) is 11.1 Å². The van der Waals surface area contributed by atoms with Gasteiger partial charge in [0.2, 0.25) is 0 Å². The van der Waals surface area contributed by atoms with Crippen molar-refractivity contribution in [2.45, 2.75) is 52.9 Å². The van der Waals surface area contributed by atoms with Gasteiger partial charge in [0.15, 0.2) is 0 Å². The van der Waals surface area contributed by atoms with Crippen molar-refractivity contribution < 1.29 is 47.7 Å². The molecule has 0 N–H and O–H groups in total. The summed E-state index contributed by atoms with van der Waals surface area (Å²) in [5.74, 6) is 0. The van der Waals surface area contributed by atoms with Crippen LogP contribution in [-0.4, -0.2) is 16.6 Å². The molecule has 2 aliphatic carbocycles. The second-order valence-electron chi connectivity index (χ2n) is 9.79. The van der Waals surface area contributed by atoms with Crippen molar-refractivity contribution in [3.05, 3.63) is 102 Å². The van der Waals surface area contributed by atoms with Crippen molar-refractivity contribution in [2.24, 2.45) is 0 Å². The third-order valence-corrected chi connectivity index (χ3v) is 20.9. The van der Waals surface area contributed by atoms with Gasteiger partial charge in [0.05, 0.1) is 0 Å². The van der Waals surface area contributed by atoms with Crippen LogP contribution in [0.4, 0.5) is 0 Å². The number of hydrogen-bond donors (Lipinski definition) is 0. The molecule has 0 aromatic heterocycles. The summed E-state index contributed by atoms with van der Waals surface area (Å²) in [6.45, 7) is 14.4. The summed E-state index contributed by atoms with van der Waals surface area (Å²) in [4.78, 5) is 0. The van der Waals surface area contributed by atoms with E-state index in [1.807, 2.05) is 0 Å². The molecule has 0 atom stereocenters. The van der Waals surface area contributed by atoms with E-state index in [1.54, 1.807) is 6.66 Å². The molecule has 0 nitrogen and oxygen atoms in total. The summed E-state index contributed by atoms with van der Waals surface area (Å²) in [5.41, 5.74) is 8.87. The Morgan fingerprint density at radius 1 is 0.667 bits per heavy atom. The van der Waals surface area contributed by atoms with Crippen molar-refractivity contribution >= 4 is 27.8 Å². The molecule has 0 fully saturated rings. The number of rotatable bonds is 5. The Bertz CT molecular complexity index is 953. The van der Waals surface area contributed by atoms with Gasteiger partial charge in [-0.05, 0) is 0 Å². The maximum absolute atomic E-state index is 2.44. The minimum absolute atomic E-state index is 0. The average molecular weight is 678 g/mol. The molecular weight excluding hydrogens is 642 g/mol. The molecule has 5 heteroatoms. The quantitative estimate of drug-likeness (QED) is 0.423. The third-order valence-electron chi connectivity index (χ3n) is 6.12. The maximum Gasteiger partial charge on any atom is 0.0307 e. The molecule has 2 aliphatic rings. The third kappa shape index (κ3) is 9.10. The van der Waals surface area contributed by atoms with E-state index in [9.17, 15) is 0 Å². The molecule has 0 radical (unpaired) electrons. The number of allylic oxidation sites excluding steroid dienone is 8. The van der Waals surface area contributed by atoms with Crippen LogP contribution < -0.4 is 24.8 Å². The molecule has 0 spiro atoms. The molecule has 0 bridgehead atoms. The Morgan fingerprint density at radius 2 is 1.00 bits per heavy atom. The molecule has 4 rings (SSSR count). The molecule has 0 amide bonds. The first-order valence-corrected chi connectivity index (χ1v) is 22.3. The predicted octanol–water partition coefficient (Wildman–Crippen LogP) is 1.64. The van der Waals surface area contributed by atoms with Gasteiger partial charge >= 0.3 is 162 Å². The van der Waals surface area contributed by atoms with Crippen LogP contribution in [0.3, 0.4) is 0 Å². The SMILES string of the molecule is CC1=[C]([Hf+2][C]2=C(C)C=C(c3ccccc3)C2)CC(c2ccccc2)=C1.C[SiH2][Si](C)(C)C.[Cl-].[Cl-]. The molecule has 0 saturated heterocycles. The second kappa shape index (κ2) is 14.0. The molecule has 2 aromatic carbocycles. The van der Waals surface area contributed by atoms with E-state index < -0.39 is 30.5 Å². The molecule has 33 heavy (non-hydrogen) atoms. The monoisotopic (exact) mass is 678 g/mol. The molecule has 174 valence electrons. The summed E-state index contributed by atoms with van der Waals surface area (Å²) in [5, 5.41) is 0. The predicted molar refractivity (Wildman–Crippen MR) is 141 cm³/mol.